The van der Waals surface area contributed by atoms with Crippen molar-refractivity contribution in [1.29, 1.82) is 0 Å². The third-order valence-corrected chi connectivity index (χ3v) is 4.27. The fourth-order valence-corrected chi connectivity index (χ4v) is 2.93. The minimum atomic E-state index is -0.902. The minimum absolute atomic E-state index is 0.0117. The average Bonchev–Trinajstić information content (AvgIpc) is 2.46. The number of nitrogens with zero attached hydrogens (tertiary/aromatic N) is 2. The van der Waals surface area contributed by atoms with Crippen LogP contribution >= 0.6 is 0 Å². The minimum Gasteiger partial charge on any atom is -0.480 e. The van der Waals surface area contributed by atoms with Crippen LogP contribution in [0.2, 0.25) is 0 Å². The van der Waals surface area contributed by atoms with Crippen molar-refractivity contribution in [3.8, 4) is 0 Å². The van der Waals surface area contributed by atoms with Crippen molar-refractivity contribution in [3.63, 3.8) is 0 Å². The highest BCUT2D eigenvalue weighted by Crippen LogP contribution is 2.23. The number of nitrogens with one attached hydrogen (secondary N) is 1. The molecular formula is C15H29N3O3. The SMILES string of the molecule is CCN(CC)CCCNC(=O)N1CCCC(C)C1C(=O)O. The molecule has 1 rings (SSSR count). The number of amides is 2. The maximum absolute atomic E-state index is 12.2. The van der Waals surface area contributed by atoms with Crippen LogP contribution < -0.4 is 5.32 Å². The summed E-state index contributed by atoms with van der Waals surface area (Å²) in [4.78, 5) is 27.3. The number of aliphatic carboxylic acids is 1. The second-order valence-electron chi connectivity index (χ2n) is 5.71. The van der Waals surface area contributed by atoms with Gasteiger partial charge in [0.2, 0.25) is 0 Å². The van der Waals surface area contributed by atoms with Crippen molar-refractivity contribution >= 4 is 12.0 Å². The summed E-state index contributed by atoms with van der Waals surface area (Å²) in [6.07, 6.45) is 2.62. The van der Waals surface area contributed by atoms with Crippen LogP contribution in [-0.2, 0) is 4.79 Å². The largest absolute Gasteiger partial charge is 0.480 e. The molecule has 1 aliphatic heterocycles. The maximum Gasteiger partial charge on any atom is 0.326 e. The lowest BCUT2D eigenvalue weighted by Gasteiger charge is -2.37. The fraction of sp³-hybridized carbons (Fsp3) is 0.867. The Bertz CT molecular complexity index is 345. The molecule has 1 heterocycles. The Balaban J connectivity index is 2.41. The molecule has 0 aromatic carbocycles. The first-order valence-electron chi connectivity index (χ1n) is 8.00. The highest BCUT2D eigenvalue weighted by Gasteiger charge is 2.36. The second-order valence-corrected chi connectivity index (χ2v) is 5.71. The number of hydrogen-bond donors (Lipinski definition) is 2. The van der Waals surface area contributed by atoms with Crippen LogP contribution in [0.3, 0.4) is 0 Å². The number of piperidine rings is 1. The molecule has 1 aliphatic rings. The molecule has 21 heavy (non-hydrogen) atoms. The lowest BCUT2D eigenvalue weighted by Crippen LogP contribution is -2.55. The van der Waals surface area contributed by atoms with E-state index in [1.165, 1.54) is 4.90 Å². The quantitative estimate of drug-likeness (QED) is 0.701. The molecule has 0 radical (unpaired) electrons. The van der Waals surface area contributed by atoms with Crippen molar-refractivity contribution in [2.24, 2.45) is 5.92 Å². The predicted molar refractivity (Wildman–Crippen MR) is 82.3 cm³/mol. The topological polar surface area (TPSA) is 72.9 Å². The third-order valence-electron chi connectivity index (χ3n) is 4.27. The summed E-state index contributed by atoms with van der Waals surface area (Å²) in [5.41, 5.74) is 0. The molecule has 2 amide bonds. The lowest BCUT2D eigenvalue weighted by molar-refractivity contribution is -0.145. The Labute approximate surface area is 127 Å². The van der Waals surface area contributed by atoms with Gasteiger partial charge in [0.15, 0.2) is 0 Å². The smallest absolute Gasteiger partial charge is 0.326 e. The summed E-state index contributed by atoms with van der Waals surface area (Å²) < 4.78 is 0. The predicted octanol–water partition coefficient (Wildman–Crippen LogP) is 1.61. The summed E-state index contributed by atoms with van der Waals surface area (Å²) >= 11 is 0. The molecule has 0 saturated carbocycles. The van der Waals surface area contributed by atoms with Crippen LogP contribution in [0.15, 0.2) is 0 Å². The van der Waals surface area contributed by atoms with Gasteiger partial charge in [0.05, 0.1) is 0 Å². The number of carbonyl (C=O) groups is 2. The molecule has 2 atom stereocenters. The molecule has 0 aromatic heterocycles. The van der Waals surface area contributed by atoms with Crippen molar-refractivity contribution in [2.45, 2.75) is 46.1 Å². The molecule has 1 saturated heterocycles. The van der Waals surface area contributed by atoms with E-state index in [-0.39, 0.29) is 11.9 Å². The van der Waals surface area contributed by atoms with Crippen molar-refractivity contribution in [1.82, 2.24) is 15.1 Å². The first-order chi connectivity index (χ1) is 10.0. The van der Waals surface area contributed by atoms with Crippen molar-refractivity contribution < 1.29 is 14.7 Å². The molecule has 0 bridgehead atoms. The number of likely N-dealkylation sites (tertiary alicyclic amines) is 1. The van der Waals surface area contributed by atoms with Gasteiger partial charge in [-0.05, 0) is 44.8 Å². The Morgan fingerprint density at radius 1 is 1.33 bits per heavy atom. The van der Waals surface area contributed by atoms with Crippen LogP contribution in [-0.4, -0.2) is 65.7 Å². The highest BCUT2D eigenvalue weighted by molar-refractivity contribution is 5.83. The van der Waals surface area contributed by atoms with Gasteiger partial charge in [0, 0.05) is 13.1 Å². The molecule has 122 valence electrons. The van der Waals surface area contributed by atoms with E-state index in [1.807, 2.05) is 6.92 Å². The summed E-state index contributed by atoms with van der Waals surface area (Å²) in [7, 11) is 0. The zero-order valence-electron chi connectivity index (χ0n) is 13.5. The Kier molecular flexibility index (Phi) is 7.50. The van der Waals surface area contributed by atoms with Gasteiger partial charge in [0.1, 0.15) is 6.04 Å². The maximum atomic E-state index is 12.2. The van der Waals surface area contributed by atoms with E-state index in [1.54, 1.807) is 0 Å². The van der Waals surface area contributed by atoms with E-state index in [0.717, 1.165) is 38.9 Å². The molecule has 6 nitrogen and oxygen atoms in total. The summed E-state index contributed by atoms with van der Waals surface area (Å²) in [5.74, 6) is -0.891. The van der Waals surface area contributed by atoms with Crippen LogP contribution in [0.25, 0.3) is 0 Å². The molecule has 0 spiro atoms. The molecule has 0 aliphatic carbocycles. The van der Waals surface area contributed by atoms with Gasteiger partial charge in [-0.3, -0.25) is 0 Å². The second kappa shape index (κ2) is 8.87. The van der Waals surface area contributed by atoms with Crippen LogP contribution in [0.5, 0.6) is 0 Å². The average molecular weight is 299 g/mol. The summed E-state index contributed by atoms with van der Waals surface area (Å²) in [6.45, 7) is 10.2. The summed E-state index contributed by atoms with van der Waals surface area (Å²) in [5, 5.41) is 12.2. The van der Waals surface area contributed by atoms with Gasteiger partial charge in [-0.15, -0.1) is 0 Å². The van der Waals surface area contributed by atoms with Gasteiger partial charge in [-0.25, -0.2) is 9.59 Å². The third kappa shape index (κ3) is 5.19. The number of hydrogen-bond acceptors (Lipinski definition) is 3. The van der Waals surface area contributed by atoms with Crippen molar-refractivity contribution in [3.05, 3.63) is 0 Å². The van der Waals surface area contributed by atoms with E-state index < -0.39 is 12.0 Å². The number of carboxylic acids is 1. The van der Waals surface area contributed by atoms with Crippen LogP contribution in [0.1, 0.15) is 40.0 Å². The molecule has 0 aromatic rings. The Morgan fingerprint density at radius 3 is 2.57 bits per heavy atom. The van der Waals surface area contributed by atoms with Crippen LogP contribution in [0, 0.1) is 5.92 Å². The van der Waals surface area contributed by atoms with Gasteiger partial charge in [0.25, 0.3) is 0 Å². The highest BCUT2D eigenvalue weighted by atomic mass is 16.4. The zero-order valence-corrected chi connectivity index (χ0v) is 13.5. The number of urea groups is 1. The van der Waals surface area contributed by atoms with Gasteiger partial charge >= 0.3 is 12.0 Å². The number of carbonyl (C=O) groups excluding carboxylic acids is 1. The number of rotatable bonds is 7. The Hall–Kier alpha value is -1.30. The normalized spacial score (nSPS) is 22.4. The fourth-order valence-electron chi connectivity index (χ4n) is 2.93. The van der Waals surface area contributed by atoms with Crippen molar-refractivity contribution in [2.75, 3.05) is 32.7 Å². The molecule has 1 fully saturated rings. The van der Waals surface area contributed by atoms with Gasteiger partial charge in [-0.2, -0.15) is 0 Å². The number of carboxylic acid groups (broad SMARTS) is 1. The molecular weight excluding hydrogens is 270 g/mol. The molecule has 6 heteroatoms. The van der Waals surface area contributed by atoms with E-state index in [2.05, 4.69) is 24.1 Å². The monoisotopic (exact) mass is 299 g/mol. The summed E-state index contributed by atoms with van der Waals surface area (Å²) in [6, 6.07) is -0.935. The van der Waals surface area contributed by atoms with Crippen LogP contribution in [0.4, 0.5) is 4.79 Å². The zero-order chi connectivity index (χ0) is 15.8. The lowest BCUT2D eigenvalue weighted by atomic mass is 9.91. The first-order valence-corrected chi connectivity index (χ1v) is 8.00. The molecule has 2 N–H and O–H groups in total. The van der Waals surface area contributed by atoms with Gasteiger partial charge in [-0.1, -0.05) is 20.8 Å². The van der Waals surface area contributed by atoms with Gasteiger partial charge < -0.3 is 20.2 Å². The molecule has 2 unspecified atom stereocenters. The van der Waals surface area contributed by atoms with E-state index in [0.29, 0.717) is 13.1 Å². The first kappa shape index (κ1) is 17.8. The van der Waals surface area contributed by atoms with E-state index >= 15 is 0 Å². The van der Waals surface area contributed by atoms with E-state index in [9.17, 15) is 14.7 Å². The standard InChI is InChI=1S/C15H29N3O3/c1-4-17(5-2)10-7-9-16-15(21)18-11-6-8-12(3)13(18)14(19)20/h12-13H,4-11H2,1-3H3,(H,16,21)(H,19,20). The van der Waals surface area contributed by atoms with E-state index in [4.69, 9.17) is 0 Å². The Morgan fingerprint density at radius 2 is 2.00 bits per heavy atom.